The molecule has 96 valence electrons. The summed E-state index contributed by atoms with van der Waals surface area (Å²) in [5, 5.41) is 0. The molecular weight excluding hydrogens is 212 g/mol. The van der Waals surface area contributed by atoms with Crippen molar-refractivity contribution in [1.82, 2.24) is 0 Å². The van der Waals surface area contributed by atoms with E-state index in [-0.39, 0.29) is 5.41 Å². The highest BCUT2D eigenvalue weighted by atomic mass is 16.7. The molecule has 17 heavy (non-hydrogen) atoms. The van der Waals surface area contributed by atoms with Gasteiger partial charge in [-0.3, -0.25) is 0 Å². The van der Waals surface area contributed by atoms with Crippen LogP contribution in [0.3, 0.4) is 0 Å². The van der Waals surface area contributed by atoms with Crippen molar-refractivity contribution < 1.29 is 9.47 Å². The van der Waals surface area contributed by atoms with E-state index in [1.807, 2.05) is 0 Å². The van der Waals surface area contributed by atoms with Crippen LogP contribution in [-0.2, 0) is 10.2 Å². The van der Waals surface area contributed by atoms with E-state index in [1.165, 1.54) is 11.1 Å². The zero-order valence-corrected chi connectivity index (χ0v) is 11.8. The van der Waals surface area contributed by atoms with Gasteiger partial charge in [0.15, 0.2) is 6.79 Å². The fourth-order valence-electron chi connectivity index (χ4n) is 1.74. The molecule has 1 aromatic carbocycles. The Bertz CT molecular complexity index is 362. The number of ether oxygens (including phenoxy) is 2. The van der Waals surface area contributed by atoms with Crippen LogP contribution in [0.4, 0.5) is 0 Å². The lowest BCUT2D eigenvalue weighted by molar-refractivity contribution is 0.0498. The minimum absolute atomic E-state index is 0.0774. The average Bonchev–Trinajstić information content (AvgIpc) is 2.24. The van der Waals surface area contributed by atoms with Crippen LogP contribution in [-0.4, -0.2) is 13.9 Å². The van der Waals surface area contributed by atoms with Crippen LogP contribution >= 0.6 is 0 Å². The maximum Gasteiger partial charge on any atom is 0.188 e. The maximum atomic E-state index is 5.63. The van der Waals surface area contributed by atoms with Crippen molar-refractivity contribution in [3.63, 3.8) is 0 Å². The van der Waals surface area contributed by atoms with Crippen LogP contribution in [0.5, 0.6) is 5.75 Å². The Morgan fingerprint density at radius 2 is 1.82 bits per heavy atom. The highest BCUT2D eigenvalue weighted by Crippen LogP contribution is 2.33. The lowest BCUT2D eigenvalue weighted by Gasteiger charge is -2.24. The molecule has 0 saturated heterocycles. The van der Waals surface area contributed by atoms with E-state index in [9.17, 15) is 0 Å². The molecule has 0 fully saturated rings. The molecule has 0 aromatic heterocycles. The van der Waals surface area contributed by atoms with Gasteiger partial charge in [-0.2, -0.15) is 0 Å². The molecule has 0 aliphatic carbocycles. The Kier molecular flexibility index (Phi) is 4.58. The Balaban J connectivity index is 3.13. The highest BCUT2D eigenvalue weighted by Gasteiger charge is 2.20. The van der Waals surface area contributed by atoms with Gasteiger partial charge in [-0.1, -0.05) is 46.8 Å². The standard InChI is InChI=1S/C15H24O2/c1-11(2)12-7-8-14(17-10-16-6)13(9-12)15(3,4)5/h7-9,11H,10H2,1-6H3. The van der Waals surface area contributed by atoms with Gasteiger partial charge in [0.25, 0.3) is 0 Å². The van der Waals surface area contributed by atoms with Crippen LogP contribution in [0.2, 0.25) is 0 Å². The molecule has 1 aromatic rings. The van der Waals surface area contributed by atoms with Crippen molar-refractivity contribution in [2.45, 2.75) is 46.0 Å². The van der Waals surface area contributed by atoms with E-state index in [4.69, 9.17) is 9.47 Å². The molecule has 0 amide bonds. The summed E-state index contributed by atoms with van der Waals surface area (Å²) in [6, 6.07) is 6.43. The Morgan fingerprint density at radius 3 is 2.29 bits per heavy atom. The topological polar surface area (TPSA) is 18.5 Å². The lowest BCUT2D eigenvalue weighted by atomic mass is 9.84. The summed E-state index contributed by atoms with van der Waals surface area (Å²) >= 11 is 0. The average molecular weight is 236 g/mol. The van der Waals surface area contributed by atoms with Crippen LogP contribution in [0.15, 0.2) is 18.2 Å². The van der Waals surface area contributed by atoms with Crippen LogP contribution in [0.1, 0.15) is 51.7 Å². The molecule has 0 aliphatic heterocycles. The Labute approximate surface area is 105 Å². The van der Waals surface area contributed by atoms with Gasteiger partial charge in [-0.15, -0.1) is 0 Å². The monoisotopic (exact) mass is 236 g/mol. The molecule has 0 radical (unpaired) electrons. The van der Waals surface area contributed by atoms with E-state index < -0.39 is 0 Å². The summed E-state index contributed by atoms with van der Waals surface area (Å²) in [6.07, 6.45) is 0. The molecule has 0 bridgehead atoms. The van der Waals surface area contributed by atoms with Gasteiger partial charge < -0.3 is 9.47 Å². The molecule has 0 heterocycles. The Hall–Kier alpha value is -1.02. The molecule has 0 saturated carbocycles. The molecule has 2 heteroatoms. The number of benzene rings is 1. The number of hydrogen-bond donors (Lipinski definition) is 0. The van der Waals surface area contributed by atoms with E-state index >= 15 is 0 Å². The van der Waals surface area contributed by atoms with Gasteiger partial charge in [0.2, 0.25) is 0 Å². The second-order valence-electron chi connectivity index (χ2n) is 5.71. The SMILES string of the molecule is COCOc1ccc(C(C)C)cc1C(C)(C)C. The molecule has 0 unspecified atom stereocenters. The molecule has 2 nitrogen and oxygen atoms in total. The summed E-state index contributed by atoms with van der Waals surface area (Å²) in [7, 11) is 1.64. The summed E-state index contributed by atoms with van der Waals surface area (Å²) in [4.78, 5) is 0. The number of methoxy groups -OCH3 is 1. The molecule has 0 N–H and O–H groups in total. The molecule has 0 aliphatic rings. The fraction of sp³-hybridized carbons (Fsp3) is 0.600. The third kappa shape index (κ3) is 3.74. The van der Waals surface area contributed by atoms with E-state index in [0.29, 0.717) is 12.7 Å². The van der Waals surface area contributed by atoms with Crippen molar-refractivity contribution in [3.05, 3.63) is 29.3 Å². The van der Waals surface area contributed by atoms with Crippen LogP contribution in [0.25, 0.3) is 0 Å². The molecule has 1 rings (SSSR count). The van der Waals surface area contributed by atoms with Crippen molar-refractivity contribution in [3.8, 4) is 5.75 Å². The highest BCUT2D eigenvalue weighted by molar-refractivity contribution is 5.42. The van der Waals surface area contributed by atoms with Gasteiger partial charge in [-0.25, -0.2) is 0 Å². The van der Waals surface area contributed by atoms with E-state index in [1.54, 1.807) is 7.11 Å². The first-order chi connectivity index (χ1) is 7.86. The summed E-state index contributed by atoms with van der Waals surface area (Å²) in [5.41, 5.74) is 2.66. The third-order valence-corrected chi connectivity index (χ3v) is 2.81. The first-order valence-electron chi connectivity index (χ1n) is 6.12. The first-order valence-corrected chi connectivity index (χ1v) is 6.12. The van der Waals surface area contributed by atoms with Gasteiger partial charge in [-0.05, 0) is 28.5 Å². The van der Waals surface area contributed by atoms with Crippen molar-refractivity contribution in [1.29, 1.82) is 0 Å². The Morgan fingerprint density at radius 1 is 1.18 bits per heavy atom. The molecule has 0 spiro atoms. The lowest BCUT2D eigenvalue weighted by Crippen LogP contribution is -2.15. The summed E-state index contributed by atoms with van der Waals surface area (Å²) in [6.45, 7) is 11.3. The smallest absolute Gasteiger partial charge is 0.188 e. The minimum Gasteiger partial charge on any atom is -0.467 e. The van der Waals surface area contributed by atoms with Gasteiger partial charge >= 0.3 is 0 Å². The summed E-state index contributed by atoms with van der Waals surface area (Å²) in [5.74, 6) is 1.45. The quantitative estimate of drug-likeness (QED) is 0.733. The number of hydrogen-bond acceptors (Lipinski definition) is 2. The normalized spacial score (nSPS) is 11.9. The predicted molar refractivity (Wildman–Crippen MR) is 71.7 cm³/mol. The van der Waals surface area contributed by atoms with Crippen LogP contribution in [0, 0.1) is 0 Å². The van der Waals surface area contributed by atoms with E-state index in [0.717, 1.165) is 5.75 Å². The van der Waals surface area contributed by atoms with Crippen molar-refractivity contribution in [2.75, 3.05) is 13.9 Å². The maximum absolute atomic E-state index is 5.63. The number of rotatable bonds is 4. The fourth-order valence-corrected chi connectivity index (χ4v) is 1.74. The van der Waals surface area contributed by atoms with Gasteiger partial charge in [0.1, 0.15) is 5.75 Å². The second-order valence-corrected chi connectivity index (χ2v) is 5.71. The largest absolute Gasteiger partial charge is 0.467 e. The molecular formula is C15H24O2. The van der Waals surface area contributed by atoms with Crippen molar-refractivity contribution >= 4 is 0 Å². The van der Waals surface area contributed by atoms with Gasteiger partial charge in [0, 0.05) is 7.11 Å². The predicted octanol–water partition coefficient (Wildman–Crippen LogP) is 4.09. The van der Waals surface area contributed by atoms with Crippen LogP contribution < -0.4 is 4.74 Å². The zero-order chi connectivity index (χ0) is 13.1. The van der Waals surface area contributed by atoms with Crippen molar-refractivity contribution in [2.24, 2.45) is 0 Å². The first kappa shape index (κ1) is 14.0. The van der Waals surface area contributed by atoms with E-state index in [2.05, 4.69) is 52.8 Å². The third-order valence-electron chi connectivity index (χ3n) is 2.81. The zero-order valence-electron chi connectivity index (χ0n) is 11.8. The second kappa shape index (κ2) is 5.54. The summed E-state index contributed by atoms with van der Waals surface area (Å²) < 4.78 is 10.6. The molecule has 0 atom stereocenters. The minimum atomic E-state index is 0.0774. The van der Waals surface area contributed by atoms with Gasteiger partial charge in [0.05, 0.1) is 0 Å².